The molecule has 1 nitrogen and oxygen atoms in total. The molecular weight excluding hydrogens is 301 g/mol. The Hall–Kier alpha value is -1.29. The molecule has 0 saturated heterocycles. The van der Waals surface area contributed by atoms with Gasteiger partial charge in [-0.1, -0.05) is 37.6 Å². The summed E-state index contributed by atoms with van der Waals surface area (Å²) < 4.78 is 43.5. The molecule has 1 aromatic rings. The third kappa shape index (κ3) is 5.38. The van der Waals surface area contributed by atoms with Crippen molar-refractivity contribution in [1.82, 2.24) is 0 Å². The van der Waals surface area contributed by atoms with Gasteiger partial charge in [0, 0.05) is 12.5 Å². The highest BCUT2D eigenvalue weighted by Crippen LogP contribution is 2.40. The van der Waals surface area contributed by atoms with Crippen molar-refractivity contribution in [1.29, 1.82) is 0 Å². The fourth-order valence-electron chi connectivity index (χ4n) is 3.16. The van der Waals surface area contributed by atoms with Gasteiger partial charge in [-0.2, -0.15) is 8.78 Å². The van der Waals surface area contributed by atoms with Crippen LogP contribution in [0.1, 0.15) is 62.5 Å². The van der Waals surface area contributed by atoms with Crippen LogP contribution >= 0.6 is 0 Å². The highest BCUT2D eigenvalue weighted by Gasteiger charge is 2.27. The lowest BCUT2D eigenvalue weighted by Crippen LogP contribution is -2.14. The Balaban J connectivity index is 1.83. The Bertz CT molecular complexity index is 498. The number of allylic oxidation sites excluding steroid dienone is 1. The van der Waals surface area contributed by atoms with Crippen LogP contribution in [0.15, 0.2) is 36.2 Å². The van der Waals surface area contributed by atoms with E-state index in [1.807, 2.05) is 0 Å². The lowest BCUT2D eigenvalue weighted by molar-refractivity contribution is 0.118. The number of hydrogen-bond acceptors (Lipinski definition) is 1. The smallest absolute Gasteiger partial charge is 0.301 e. The van der Waals surface area contributed by atoms with E-state index in [0.29, 0.717) is 25.4 Å². The zero-order chi connectivity index (χ0) is 16.7. The lowest BCUT2D eigenvalue weighted by atomic mass is 9.78. The molecule has 4 heteroatoms. The van der Waals surface area contributed by atoms with Crippen molar-refractivity contribution in [2.45, 2.75) is 58.0 Å². The molecule has 1 aromatic carbocycles. The fraction of sp³-hybridized carbons (Fsp3) is 0.579. The van der Waals surface area contributed by atoms with E-state index in [1.165, 1.54) is 5.56 Å². The summed E-state index contributed by atoms with van der Waals surface area (Å²) in [6, 6.07) is 8.31. The lowest BCUT2D eigenvalue weighted by Gasteiger charge is -2.27. The van der Waals surface area contributed by atoms with E-state index in [1.54, 1.807) is 0 Å². The topological polar surface area (TPSA) is 9.23 Å². The predicted octanol–water partition coefficient (Wildman–Crippen LogP) is 6.35. The standard InChI is InChI=1S/C19H25F3O/c1-2-3-12-23-13-14-4-6-15(7-5-14)16-8-10-17(11-9-16)18(20)19(21)22/h4-7,16-17H,2-3,8-13H2,1H3. The van der Waals surface area contributed by atoms with E-state index in [2.05, 4.69) is 31.2 Å². The van der Waals surface area contributed by atoms with Gasteiger partial charge in [0.1, 0.15) is 0 Å². The molecule has 0 N–H and O–H groups in total. The Labute approximate surface area is 136 Å². The van der Waals surface area contributed by atoms with Gasteiger partial charge in [0.05, 0.1) is 6.61 Å². The quantitative estimate of drug-likeness (QED) is 0.530. The minimum absolute atomic E-state index is 0.344. The molecule has 2 rings (SSSR count). The number of unbranched alkanes of at least 4 members (excludes halogenated alkanes) is 1. The summed E-state index contributed by atoms with van der Waals surface area (Å²) in [7, 11) is 0. The van der Waals surface area contributed by atoms with Crippen molar-refractivity contribution in [2.24, 2.45) is 5.92 Å². The van der Waals surface area contributed by atoms with Crippen LogP contribution < -0.4 is 0 Å². The third-order valence-electron chi connectivity index (χ3n) is 4.63. The highest BCUT2D eigenvalue weighted by atomic mass is 19.3. The molecule has 1 saturated carbocycles. The second-order valence-corrected chi connectivity index (χ2v) is 6.30. The van der Waals surface area contributed by atoms with Gasteiger partial charge in [-0.3, -0.25) is 0 Å². The summed E-state index contributed by atoms with van der Waals surface area (Å²) in [5, 5.41) is 0. The highest BCUT2D eigenvalue weighted by molar-refractivity contribution is 5.25. The molecule has 0 heterocycles. The van der Waals surface area contributed by atoms with Crippen LogP contribution in [0.4, 0.5) is 13.2 Å². The van der Waals surface area contributed by atoms with Gasteiger partial charge < -0.3 is 4.74 Å². The Kier molecular flexibility index (Phi) is 7.15. The first kappa shape index (κ1) is 18.1. The number of rotatable bonds is 7. The van der Waals surface area contributed by atoms with E-state index in [0.717, 1.165) is 37.9 Å². The molecule has 0 unspecified atom stereocenters. The van der Waals surface area contributed by atoms with E-state index < -0.39 is 17.8 Å². The van der Waals surface area contributed by atoms with Crippen molar-refractivity contribution in [3.63, 3.8) is 0 Å². The van der Waals surface area contributed by atoms with Gasteiger partial charge in [0.2, 0.25) is 0 Å². The molecule has 23 heavy (non-hydrogen) atoms. The van der Waals surface area contributed by atoms with Crippen molar-refractivity contribution in [2.75, 3.05) is 6.61 Å². The van der Waals surface area contributed by atoms with Crippen LogP contribution in [0.5, 0.6) is 0 Å². The molecule has 0 radical (unpaired) electrons. The van der Waals surface area contributed by atoms with Gasteiger partial charge in [0.25, 0.3) is 0 Å². The van der Waals surface area contributed by atoms with Crippen LogP contribution in [-0.4, -0.2) is 6.61 Å². The maximum absolute atomic E-state index is 13.3. The predicted molar refractivity (Wildman–Crippen MR) is 86.1 cm³/mol. The SMILES string of the molecule is CCCCOCc1ccc(C2CCC(C(F)=C(F)F)CC2)cc1. The van der Waals surface area contributed by atoms with Crippen LogP contribution in [0.2, 0.25) is 0 Å². The number of halogens is 3. The number of benzene rings is 1. The van der Waals surface area contributed by atoms with Crippen LogP contribution in [0.3, 0.4) is 0 Å². The Morgan fingerprint density at radius 1 is 1.04 bits per heavy atom. The van der Waals surface area contributed by atoms with Crippen LogP contribution in [-0.2, 0) is 11.3 Å². The summed E-state index contributed by atoms with van der Waals surface area (Å²) in [5.41, 5.74) is 2.36. The first-order chi connectivity index (χ1) is 11.1. The first-order valence-electron chi connectivity index (χ1n) is 8.49. The molecule has 0 bridgehead atoms. The Morgan fingerprint density at radius 3 is 2.26 bits per heavy atom. The van der Waals surface area contributed by atoms with Gasteiger partial charge in [-0.25, -0.2) is 4.39 Å². The minimum Gasteiger partial charge on any atom is -0.377 e. The van der Waals surface area contributed by atoms with Gasteiger partial charge in [-0.05, 0) is 49.1 Å². The monoisotopic (exact) mass is 326 g/mol. The van der Waals surface area contributed by atoms with Crippen molar-refractivity contribution < 1.29 is 17.9 Å². The van der Waals surface area contributed by atoms with Crippen LogP contribution in [0.25, 0.3) is 0 Å². The van der Waals surface area contributed by atoms with Gasteiger partial charge in [-0.15, -0.1) is 0 Å². The molecule has 1 aliphatic rings. The van der Waals surface area contributed by atoms with E-state index in [-0.39, 0.29) is 0 Å². The normalized spacial score (nSPS) is 21.2. The summed E-state index contributed by atoms with van der Waals surface area (Å²) in [6.45, 7) is 3.54. The maximum Gasteiger partial charge on any atom is 0.301 e. The zero-order valence-electron chi connectivity index (χ0n) is 13.7. The van der Waals surface area contributed by atoms with Gasteiger partial charge in [0.15, 0.2) is 5.83 Å². The summed E-state index contributed by atoms with van der Waals surface area (Å²) in [4.78, 5) is 0. The van der Waals surface area contributed by atoms with Crippen molar-refractivity contribution in [3.05, 3.63) is 47.3 Å². The summed E-state index contributed by atoms with van der Waals surface area (Å²) in [5.74, 6) is -1.46. The largest absolute Gasteiger partial charge is 0.377 e. The molecule has 0 aromatic heterocycles. The average molecular weight is 326 g/mol. The van der Waals surface area contributed by atoms with E-state index in [4.69, 9.17) is 4.74 Å². The third-order valence-corrected chi connectivity index (χ3v) is 4.63. The second-order valence-electron chi connectivity index (χ2n) is 6.30. The molecular formula is C19H25F3O. The molecule has 0 spiro atoms. The maximum atomic E-state index is 13.3. The van der Waals surface area contributed by atoms with E-state index in [9.17, 15) is 13.2 Å². The summed E-state index contributed by atoms with van der Waals surface area (Å²) in [6.07, 6.45) is 2.57. The zero-order valence-corrected chi connectivity index (χ0v) is 13.7. The fourth-order valence-corrected chi connectivity index (χ4v) is 3.16. The second kappa shape index (κ2) is 9.11. The molecule has 0 aliphatic heterocycles. The molecule has 1 fully saturated rings. The molecule has 1 aliphatic carbocycles. The number of ether oxygens (including phenoxy) is 1. The minimum atomic E-state index is -2.15. The van der Waals surface area contributed by atoms with Crippen molar-refractivity contribution >= 4 is 0 Å². The average Bonchev–Trinajstić information content (AvgIpc) is 2.59. The van der Waals surface area contributed by atoms with Crippen LogP contribution in [0, 0.1) is 5.92 Å². The Morgan fingerprint density at radius 2 is 1.70 bits per heavy atom. The first-order valence-corrected chi connectivity index (χ1v) is 8.49. The molecule has 0 amide bonds. The number of hydrogen-bond donors (Lipinski definition) is 0. The molecule has 128 valence electrons. The molecule has 0 atom stereocenters. The van der Waals surface area contributed by atoms with E-state index >= 15 is 0 Å². The van der Waals surface area contributed by atoms with Gasteiger partial charge >= 0.3 is 6.08 Å². The van der Waals surface area contributed by atoms with Crippen molar-refractivity contribution in [3.8, 4) is 0 Å². The summed E-state index contributed by atoms with van der Waals surface area (Å²) >= 11 is 0.